The molecule has 1 aliphatic carbocycles. The Bertz CT molecular complexity index is 972. The van der Waals surface area contributed by atoms with Crippen LogP contribution in [0.5, 0.6) is 0 Å². The van der Waals surface area contributed by atoms with E-state index in [9.17, 15) is 4.79 Å². The van der Waals surface area contributed by atoms with Crippen molar-refractivity contribution in [2.75, 3.05) is 5.73 Å². The van der Waals surface area contributed by atoms with Crippen molar-refractivity contribution >= 4 is 11.7 Å². The summed E-state index contributed by atoms with van der Waals surface area (Å²) in [6, 6.07) is 10.3. The van der Waals surface area contributed by atoms with Crippen LogP contribution in [0.1, 0.15) is 60.3 Å². The van der Waals surface area contributed by atoms with Crippen LogP contribution in [0, 0.1) is 0 Å². The fourth-order valence-electron chi connectivity index (χ4n) is 3.28. The van der Waals surface area contributed by atoms with Gasteiger partial charge >= 0.3 is 0 Å². The van der Waals surface area contributed by atoms with Crippen molar-refractivity contribution in [1.29, 1.82) is 0 Å². The number of aromatic nitrogens is 5. The molecule has 1 aliphatic rings. The van der Waals surface area contributed by atoms with E-state index >= 15 is 0 Å². The van der Waals surface area contributed by atoms with Gasteiger partial charge in [0.15, 0.2) is 17.3 Å². The lowest BCUT2D eigenvalue weighted by molar-refractivity contribution is 0.0945. The van der Waals surface area contributed by atoms with E-state index < -0.39 is 0 Å². The van der Waals surface area contributed by atoms with Crippen molar-refractivity contribution in [2.45, 2.75) is 44.6 Å². The maximum absolute atomic E-state index is 12.8. The first-order chi connectivity index (χ1) is 13.6. The number of nitrogens with zero attached hydrogens (tertiary/aromatic N) is 5. The molecule has 2 aromatic heterocycles. The Balaban J connectivity index is 1.58. The first-order valence-electron chi connectivity index (χ1n) is 9.48. The van der Waals surface area contributed by atoms with E-state index in [1.807, 2.05) is 25.1 Å². The summed E-state index contributed by atoms with van der Waals surface area (Å²) in [5.74, 6) is 0.660. The highest BCUT2D eigenvalue weighted by Gasteiger charge is 2.40. The molecule has 1 saturated carbocycles. The lowest BCUT2D eigenvalue weighted by Gasteiger charge is -2.15. The smallest absolute Gasteiger partial charge is 0.273 e. The molecule has 3 N–H and O–H groups in total. The van der Waals surface area contributed by atoms with E-state index in [1.165, 1.54) is 10.4 Å². The second-order valence-corrected chi connectivity index (χ2v) is 7.13. The van der Waals surface area contributed by atoms with E-state index in [0.717, 1.165) is 12.8 Å². The summed E-state index contributed by atoms with van der Waals surface area (Å²) < 4.78 is 0. The fraction of sp³-hybridized carbons (Fsp3) is 0.350. The molecule has 0 saturated heterocycles. The van der Waals surface area contributed by atoms with Gasteiger partial charge in [-0.25, -0.2) is 9.97 Å². The summed E-state index contributed by atoms with van der Waals surface area (Å²) in [5.41, 5.74) is 8.12. The number of amides is 1. The van der Waals surface area contributed by atoms with Crippen molar-refractivity contribution in [2.24, 2.45) is 0 Å². The number of hydrogen-bond acceptors (Lipinski definition) is 6. The van der Waals surface area contributed by atoms with Gasteiger partial charge in [0.05, 0.1) is 18.1 Å². The Morgan fingerprint density at radius 1 is 1.25 bits per heavy atom. The van der Waals surface area contributed by atoms with Gasteiger partial charge in [0.25, 0.3) is 5.91 Å². The Morgan fingerprint density at radius 2 is 1.96 bits per heavy atom. The van der Waals surface area contributed by atoms with Gasteiger partial charge in [-0.1, -0.05) is 44.2 Å². The van der Waals surface area contributed by atoms with Crippen LogP contribution in [0.3, 0.4) is 0 Å². The first-order valence-corrected chi connectivity index (χ1v) is 9.48. The van der Waals surface area contributed by atoms with E-state index in [2.05, 4.69) is 44.5 Å². The van der Waals surface area contributed by atoms with Gasteiger partial charge in [-0.2, -0.15) is 10.2 Å². The lowest BCUT2D eigenvalue weighted by Crippen LogP contribution is -2.29. The van der Waals surface area contributed by atoms with Crippen molar-refractivity contribution < 1.29 is 4.79 Å². The Kier molecular flexibility index (Phi) is 4.77. The molecule has 3 atom stereocenters. The summed E-state index contributed by atoms with van der Waals surface area (Å²) in [7, 11) is 0. The minimum Gasteiger partial charge on any atom is -0.382 e. The van der Waals surface area contributed by atoms with Crippen molar-refractivity contribution in [1.82, 2.24) is 30.3 Å². The van der Waals surface area contributed by atoms with Crippen LogP contribution in [-0.4, -0.2) is 36.9 Å². The summed E-state index contributed by atoms with van der Waals surface area (Å²) in [5, 5.41) is 11.3. The summed E-state index contributed by atoms with van der Waals surface area (Å²) in [6.45, 7) is 4.08. The average Bonchev–Trinajstić information content (AvgIpc) is 3.25. The molecule has 1 amide bonds. The molecule has 1 fully saturated rings. The molecule has 2 unspecified atom stereocenters. The quantitative estimate of drug-likeness (QED) is 0.682. The molecule has 3 aromatic rings. The number of nitrogens with two attached hydrogens (primary N) is 1. The fourth-order valence-corrected chi connectivity index (χ4v) is 3.28. The van der Waals surface area contributed by atoms with Crippen LogP contribution in [0.15, 0.2) is 42.7 Å². The number of anilines is 1. The van der Waals surface area contributed by atoms with Crippen molar-refractivity contribution in [3.63, 3.8) is 0 Å². The highest BCUT2D eigenvalue weighted by molar-refractivity contribution is 5.97. The molecule has 0 radical (unpaired) electrons. The minimum atomic E-state index is -0.294. The topological polar surface area (TPSA) is 112 Å². The van der Waals surface area contributed by atoms with Gasteiger partial charge in [-0.05, 0) is 18.4 Å². The third kappa shape index (κ3) is 3.45. The normalized spacial score (nSPS) is 19.2. The van der Waals surface area contributed by atoms with Gasteiger partial charge in [0, 0.05) is 17.9 Å². The molecule has 0 spiro atoms. The standard InChI is InChI=1S/C20H23N7O/c1-3-12(2)16-19(27-22-9-10-23-27)26-18(21)17(25-16)20(28)24-15-11-14(15)13-7-5-4-6-8-13/h4-10,12,14-15H,3,11H2,1-2H3,(H2,21,26)(H,24,28)/t12?,14?,15-/m0/s1. The van der Waals surface area contributed by atoms with Crippen LogP contribution in [0.4, 0.5) is 5.82 Å². The Hall–Kier alpha value is -3.29. The van der Waals surface area contributed by atoms with Crippen LogP contribution >= 0.6 is 0 Å². The largest absolute Gasteiger partial charge is 0.382 e. The van der Waals surface area contributed by atoms with Gasteiger partial charge in [0.2, 0.25) is 0 Å². The number of carbonyl (C=O) groups is 1. The van der Waals surface area contributed by atoms with Crippen LogP contribution < -0.4 is 11.1 Å². The number of nitrogens with one attached hydrogen (secondary N) is 1. The lowest BCUT2D eigenvalue weighted by atomic mass is 10.0. The van der Waals surface area contributed by atoms with Crippen LogP contribution in [-0.2, 0) is 0 Å². The summed E-state index contributed by atoms with van der Waals surface area (Å²) in [4.78, 5) is 23.2. The maximum Gasteiger partial charge on any atom is 0.273 e. The predicted octanol–water partition coefficient (Wildman–Crippen LogP) is 2.44. The SMILES string of the molecule is CCC(C)c1nc(C(=O)N[C@H]2CC2c2ccccc2)c(N)nc1-n1nccn1. The number of rotatable bonds is 6. The molecule has 8 nitrogen and oxygen atoms in total. The number of hydrogen-bond donors (Lipinski definition) is 2. The molecule has 28 heavy (non-hydrogen) atoms. The molecule has 4 rings (SSSR count). The second-order valence-electron chi connectivity index (χ2n) is 7.13. The van der Waals surface area contributed by atoms with Crippen LogP contribution in [0.25, 0.3) is 5.82 Å². The Morgan fingerprint density at radius 3 is 2.64 bits per heavy atom. The number of carbonyl (C=O) groups excluding carboxylic acids is 1. The molecule has 8 heteroatoms. The third-order valence-electron chi connectivity index (χ3n) is 5.17. The molecule has 0 aliphatic heterocycles. The highest BCUT2D eigenvalue weighted by atomic mass is 16.2. The number of nitrogen functional groups attached to an aromatic ring is 1. The van der Waals surface area contributed by atoms with Gasteiger partial charge in [-0.15, -0.1) is 4.80 Å². The predicted molar refractivity (Wildman–Crippen MR) is 105 cm³/mol. The van der Waals surface area contributed by atoms with E-state index in [-0.39, 0.29) is 29.4 Å². The zero-order valence-electron chi connectivity index (χ0n) is 15.9. The van der Waals surface area contributed by atoms with Crippen molar-refractivity contribution in [3.05, 3.63) is 59.7 Å². The molecular weight excluding hydrogens is 354 g/mol. The average molecular weight is 377 g/mol. The van der Waals surface area contributed by atoms with Crippen LogP contribution in [0.2, 0.25) is 0 Å². The second kappa shape index (κ2) is 7.38. The third-order valence-corrected chi connectivity index (χ3v) is 5.17. The minimum absolute atomic E-state index is 0.0776. The first kappa shape index (κ1) is 18.1. The van der Waals surface area contributed by atoms with E-state index in [1.54, 1.807) is 12.4 Å². The summed E-state index contributed by atoms with van der Waals surface area (Å²) >= 11 is 0. The molecule has 144 valence electrons. The summed E-state index contributed by atoms with van der Waals surface area (Å²) in [6.07, 6.45) is 4.88. The van der Waals surface area contributed by atoms with Gasteiger partial charge < -0.3 is 11.1 Å². The van der Waals surface area contributed by atoms with E-state index in [4.69, 9.17) is 5.73 Å². The monoisotopic (exact) mass is 377 g/mol. The van der Waals surface area contributed by atoms with E-state index in [0.29, 0.717) is 17.4 Å². The highest BCUT2D eigenvalue weighted by Crippen LogP contribution is 2.40. The van der Waals surface area contributed by atoms with Gasteiger partial charge in [-0.3, -0.25) is 4.79 Å². The molecule has 0 bridgehead atoms. The zero-order chi connectivity index (χ0) is 19.7. The molecule has 1 aromatic carbocycles. The Labute approximate surface area is 163 Å². The maximum atomic E-state index is 12.8. The number of benzene rings is 1. The van der Waals surface area contributed by atoms with Gasteiger partial charge in [0.1, 0.15) is 0 Å². The zero-order valence-corrected chi connectivity index (χ0v) is 15.9. The molecular formula is C20H23N7O. The van der Waals surface area contributed by atoms with Crippen molar-refractivity contribution in [3.8, 4) is 5.82 Å². The molecule has 2 heterocycles.